The minimum absolute atomic E-state index is 0.000768. The van der Waals surface area contributed by atoms with Gasteiger partial charge < -0.3 is 16.2 Å². The van der Waals surface area contributed by atoms with Crippen LogP contribution in [0.25, 0.3) is 0 Å². The molecule has 3 atom stereocenters. The first-order chi connectivity index (χ1) is 15.7. The number of carbonyl (C=O) groups is 1. The standard InChI is InChI=1S/C26H39N5O2/c1-26(2,3)29-25(33)24-19-30(17-21-10-7-11-28-16-21)12-13-31(24)18-23(32)15-22(27)14-20-8-5-4-6-9-20/h4-11,16,22-24,32H,12-15,17-19,27H2,1-3H3,(H,29,33)/t22?,23-,24-/m0/s1. The molecule has 7 heteroatoms. The monoisotopic (exact) mass is 453 g/mol. The van der Waals surface area contributed by atoms with Crippen LogP contribution in [0, 0.1) is 0 Å². The third-order valence-corrected chi connectivity index (χ3v) is 5.87. The lowest BCUT2D eigenvalue weighted by Crippen LogP contribution is -2.62. The Hall–Kier alpha value is -2.32. The Morgan fingerprint density at radius 1 is 1.18 bits per heavy atom. The Kier molecular flexibility index (Phi) is 8.97. The summed E-state index contributed by atoms with van der Waals surface area (Å²) in [5.41, 5.74) is 8.31. The van der Waals surface area contributed by atoms with Crippen LogP contribution in [-0.4, -0.2) is 75.7 Å². The van der Waals surface area contributed by atoms with Gasteiger partial charge in [0.2, 0.25) is 5.91 Å². The Morgan fingerprint density at radius 3 is 2.58 bits per heavy atom. The van der Waals surface area contributed by atoms with E-state index in [0.29, 0.717) is 26.1 Å². The SMILES string of the molecule is CC(C)(C)NC(=O)[C@@H]1CN(Cc2cccnc2)CCN1C[C@@H](O)CC(N)Cc1ccccc1. The fraction of sp³-hybridized carbons (Fsp3) is 0.538. The van der Waals surface area contributed by atoms with Crippen molar-refractivity contribution in [1.29, 1.82) is 0 Å². The average molecular weight is 454 g/mol. The highest BCUT2D eigenvalue weighted by Gasteiger charge is 2.35. The predicted molar refractivity (Wildman–Crippen MR) is 132 cm³/mol. The number of hydrogen-bond acceptors (Lipinski definition) is 6. The lowest BCUT2D eigenvalue weighted by atomic mass is 10.00. The Balaban J connectivity index is 1.61. The van der Waals surface area contributed by atoms with Gasteiger partial charge in [-0.15, -0.1) is 0 Å². The highest BCUT2D eigenvalue weighted by Crippen LogP contribution is 2.16. The van der Waals surface area contributed by atoms with Crippen LogP contribution in [0.1, 0.15) is 38.3 Å². The molecule has 0 radical (unpaired) electrons. The molecule has 4 N–H and O–H groups in total. The molecule has 180 valence electrons. The smallest absolute Gasteiger partial charge is 0.239 e. The van der Waals surface area contributed by atoms with Crippen LogP contribution in [0.2, 0.25) is 0 Å². The van der Waals surface area contributed by atoms with Gasteiger partial charge in [-0.05, 0) is 50.8 Å². The zero-order valence-corrected chi connectivity index (χ0v) is 20.2. The summed E-state index contributed by atoms with van der Waals surface area (Å²) in [6, 6.07) is 13.6. The number of aromatic nitrogens is 1. The zero-order chi connectivity index (χ0) is 23.8. The number of carbonyl (C=O) groups excluding carboxylic acids is 1. The first kappa shape index (κ1) is 25.3. The molecule has 1 amide bonds. The molecule has 33 heavy (non-hydrogen) atoms. The molecule has 0 bridgehead atoms. The lowest BCUT2D eigenvalue weighted by molar-refractivity contribution is -0.131. The molecule has 1 aliphatic heterocycles. The number of nitrogens with one attached hydrogen (secondary N) is 1. The summed E-state index contributed by atoms with van der Waals surface area (Å²) in [6.07, 6.45) is 4.28. The summed E-state index contributed by atoms with van der Waals surface area (Å²) in [5.74, 6) is -0.000768. The Morgan fingerprint density at radius 2 is 1.91 bits per heavy atom. The topological polar surface area (TPSA) is 94.7 Å². The van der Waals surface area contributed by atoms with Crippen molar-refractivity contribution in [2.75, 3.05) is 26.2 Å². The number of benzene rings is 1. The molecule has 0 spiro atoms. The number of hydrogen-bond donors (Lipinski definition) is 3. The van der Waals surface area contributed by atoms with Gasteiger partial charge in [0.05, 0.1) is 6.10 Å². The molecule has 1 aromatic heterocycles. The fourth-order valence-electron chi connectivity index (χ4n) is 4.39. The van der Waals surface area contributed by atoms with Gasteiger partial charge in [0, 0.05) is 56.7 Å². The van der Waals surface area contributed by atoms with Crippen LogP contribution in [-0.2, 0) is 17.8 Å². The number of β-amino-alcohol motifs (C(OH)–C–C–N with tert-alkyl or cyclic N) is 1. The van der Waals surface area contributed by atoms with Crippen molar-refractivity contribution in [3.63, 3.8) is 0 Å². The number of aliphatic hydroxyl groups excluding tert-OH is 1. The van der Waals surface area contributed by atoms with E-state index < -0.39 is 6.10 Å². The highest BCUT2D eigenvalue weighted by molar-refractivity contribution is 5.82. The van der Waals surface area contributed by atoms with E-state index in [1.807, 2.05) is 51.2 Å². The van der Waals surface area contributed by atoms with E-state index in [2.05, 4.69) is 38.3 Å². The maximum absolute atomic E-state index is 13.2. The molecule has 2 heterocycles. The number of amides is 1. The molecule has 1 aromatic carbocycles. The van der Waals surface area contributed by atoms with Gasteiger partial charge in [-0.2, -0.15) is 0 Å². The maximum atomic E-state index is 13.2. The van der Waals surface area contributed by atoms with Crippen molar-refractivity contribution in [2.24, 2.45) is 5.73 Å². The van der Waals surface area contributed by atoms with Gasteiger partial charge in [-0.25, -0.2) is 0 Å². The molecule has 7 nitrogen and oxygen atoms in total. The van der Waals surface area contributed by atoms with E-state index in [1.54, 1.807) is 6.20 Å². The minimum Gasteiger partial charge on any atom is -0.392 e. The molecule has 0 saturated carbocycles. The normalized spacial score (nSPS) is 19.7. The molecular formula is C26H39N5O2. The van der Waals surface area contributed by atoms with Crippen molar-refractivity contribution in [1.82, 2.24) is 20.1 Å². The second-order valence-corrected chi connectivity index (χ2v) is 10.2. The van der Waals surface area contributed by atoms with E-state index in [9.17, 15) is 9.90 Å². The van der Waals surface area contributed by atoms with Crippen LogP contribution in [0.5, 0.6) is 0 Å². The molecule has 1 fully saturated rings. The quantitative estimate of drug-likeness (QED) is 0.536. The van der Waals surface area contributed by atoms with Gasteiger partial charge in [0.1, 0.15) is 6.04 Å². The second kappa shape index (κ2) is 11.7. The minimum atomic E-state index is -0.585. The fourth-order valence-corrected chi connectivity index (χ4v) is 4.39. The first-order valence-electron chi connectivity index (χ1n) is 11.8. The van der Waals surface area contributed by atoms with Gasteiger partial charge in [0.25, 0.3) is 0 Å². The van der Waals surface area contributed by atoms with Crippen LogP contribution in [0.3, 0.4) is 0 Å². The number of pyridine rings is 1. The van der Waals surface area contributed by atoms with Crippen molar-refractivity contribution in [2.45, 2.75) is 63.9 Å². The van der Waals surface area contributed by atoms with Gasteiger partial charge in [0.15, 0.2) is 0 Å². The van der Waals surface area contributed by atoms with E-state index >= 15 is 0 Å². The highest BCUT2D eigenvalue weighted by atomic mass is 16.3. The van der Waals surface area contributed by atoms with Gasteiger partial charge in [-0.1, -0.05) is 36.4 Å². The van der Waals surface area contributed by atoms with Crippen LogP contribution in [0.4, 0.5) is 0 Å². The number of piperazine rings is 1. The molecule has 1 unspecified atom stereocenters. The largest absolute Gasteiger partial charge is 0.392 e. The summed E-state index contributed by atoms with van der Waals surface area (Å²) < 4.78 is 0. The Bertz CT molecular complexity index is 856. The van der Waals surface area contributed by atoms with Crippen LogP contribution in [0.15, 0.2) is 54.9 Å². The van der Waals surface area contributed by atoms with E-state index in [0.717, 1.165) is 25.1 Å². The number of nitrogens with two attached hydrogens (primary N) is 1. The van der Waals surface area contributed by atoms with Crippen LogP contribution < -0.4 is 11.1 Å². The van der Waals surface area contributed by atoms with Gasteiger partial charge >= 0.3 is 0 Å². The van der Waals surface area contributed by atoms with Crippen molar-refractivity contribution in [3.05, 3.63) is 66.0 Å². The molecule has 3 rings (SSSR count). The van der Waals surface area contributed by atoms with E-state index in [4.69, 9.17) is 5.73 Å². The average Bonchev–Trinajstić information content (AvgIpc) is 2.75. The second-order valence-electron chi connectivity index (χ2n) is 10.2. The summed E-state index contributed by atoms with van der Waals surface area (Å²) >= 11 is 0. The summed E-state index contributed by atoms with van der Waals surface area (Å²) in [7, 11) is 0. The number of nitrogens with zero attached hydrogens (tertiary/aromatic N) is 3. The molecule has 1 saturated heterocycles. The Labute approximate surface area is 198 Å². The lowest BCUT2D eigenvalue weighted by Gasteiger charge is -2.42. The van der Waals surface area contributed by atoms with E-state index in [-0.39, 0.29) is 23.5 Å². The molecular weight excluding hydrogens is 414 g/mol. The van der Waals surface area contributed by atoms with Gasteiger partial charge in [-0.3, -0.25) is 19.6 Å². The first-order valence-corrected chi connectivity index (χ1v) is 11.8. The summed E-state index contributed by atoms with van der Waals surface area (Å²) in [4.78, 5) is 21.8. The zero-order valence-electron chi connectivity index (χ0n) is 20.2. The summed E-state index contributed by atoms with van der Waals surface area (Å²) in [6.45, 7) is 9.32. The van der Waals surface area contributed by atoms with Crippen molar-refractivity contribution >= 4 is 5.91 Å². The third-order valence-electron chi connectivity index (χ3n) is 5.87. The number of aliphatic hydroxyl groups is 1. The van der Waals surface area contributed by atoms with E-state index in [1.165, 1.54) is 5.56 Å². The number of rotatable bonds is 9. The summed E-state index contributed by atoms with van der Waals surface area (Å²) in [5, 5.41) is 13.9. The predicted octanol–water partition coefficient (Wildman–Crippen LogP) is 1.80. The third kappa shape index (κ3) is 8.51. The van der Waals surface area contributed by atoms with Crippen molar-refractivity contribution < 1.29 is 9.90 Å². The molecule has 2 aromatic rings. The molecule has 0 aliphatic carbocycles. The molecule has 1 aliphatic rings. The van der Waals surface area contributed by atoms with Crippen molar-refractivity contribution in [3.8, 4) is 0 Å². The maximum Gasteiger partial charge on any atom is 0.239 e. The van der Waals surface area contributed by atoms with Crippen LogP contribution >= 0.6 is 0 Å².